The molecule has 1 aliphatic heterocycles. The summed E-state index contributed by atoms with van der Waals surface area (Å²) in [6.45, 7) is 0. The smallest absolute Gasteiger partial charge is 0.341 e. The Morgan fingerprint density at radius 2 is 1.52 bits per heavy atom. The van der Waals surface area contributed by atoms with E-state index in [0.29, 0.717) is 16.7 Å². The summed E-state index contributed by atoms with van der Waals surface area (Å²) in [6, 6.07) is 24.8. The first-order chi connectivity index (χ1) is 13.1. The molecule has 3 aromatic carbocycles. The molecule has 1 unspecified atom stereocenters. The van der Waals surface area contributed by atoms with Gasteiger partial charge in [0.15, 0.2) is 5.54 Å². The SMILES string of the molecule is COC(=O)C1(c2ccc(Sc3ccccc3)cc2)NC(=O)c2ccccc21. The van der Waals surface area contributed by atoms with Crippen LogP contribution in [0, 0.1) is 0 Å². The average Bonchev–Trinajstić information content (AvgIpc) is 3.03. The third kappa shape index (κ3) is 2.90. The number of esters is 1. The predicted molar refractivity (Wildman–Crippen MR) is 104 cm³/mol. The minimum absolute atomic E-state index is 0.279. The fourth-order valence-corrected chi connectivity index (χ4v) is 4.21. The lowest BCUT2D eigenvalue weighted by Gasteiger charge is -2.28. The molecule has 5 heteroatoms. The number of fused-ring (bicyclic) bond motifs is 1. The normalized spacial score (nSPS) is 17.9. The van der Waals surface area contributed by atoms with Crippen molar-refractivity contribution < 1.29 is 14.3 Å². The van der Waals surface area contributed by atoms with E-state index < -0.39 is 11.5 Å². The highest BCUT2D eigenvalue weighted by Gasteiger charge is 2.51. The van der Waals surface area contributed by atoms with Gasteiger partial charge in [-0.3, -0.25) is 4.79 Å². The van der Waals surface area contributed by atoms with E-state index in [1.165, 1.54) is 7.11 Å². The first-order valence-electron chi connectivity index (χ1n) is 8.49. The molecule has 134 valence electrons. The fourth-order valence-electron chi connectivity index (χ4n) is 3.37. The highest BCUT2D eigenvalue weighted by atomic mass is 32.2. The monoisotopic (exact) mass is 375 g/mol. The number of carbonyl (C=O) groups excluding carboxylic acids is 2. The number of rotatable bonds is 4. The lowest BCUT2D eigenvalue weighted by molar-refractivity contribution is -0.146. The number of hydrogen-bond acceptors (Lipinski definition) is 4. The quantitative estimate of drug-likeness (QED) is 0.701. The van der Waals surface area contributed by atoms with Crippen LogP contribution < -0.4 is 5.32 Å². The lowest BCUT2D eigenvalue weighted by Crippen LogP contribution is -2.48. The molecule has 1 heterocycles. The van der Waals surface area contributed by atoms with Crippen molar-refractivity contribution in [2.45, 2.75) is 15.3 Å². The third-order valence-electron chi connectivity index (χ3n) is 4.63. The van der Waals surface area contributed by atoms with E-state index in [9.17, 15) is 9.59 Å². The largest absolute Gasteiger partial charge is 0.467 e. The summed E-state index contributed by atoms with van der Waals surface area (Å²) < 4.78 is 5.06. The van der Waals surface area contributed by atoms with Gasteiger partial charge in [0.05, 0.1) is 7.11 Å². The molecule has 0 fully saturated rings. The van der Waals surface area contributed by atoms with E-state index in [1.807, 2.05) is 60.7 Å². The molecule has 3 aromatic rings. The van der Waals surface area contributed by atoms with Gasteiger partial charge in [-0.1, -0.05) is 60.3 Å². The first kappa shape index (κ1) is 17.4. The predicted octanol–water partition coefficient (Wildman–Crippen LogP) is 4.00. The molecule has 0 aromatic heterocycles. The van der Waals surface area contributed by atoms with Gasteiger partial charge in [-0.25, -0.2) is 4.79 Å². The van der Waals surface area contributed by atoms with E-state index in [1.54, 1.807) is 30.0 Å². The highest BCUT2D eigenvalue weighted by Crippen LogP contribution is 2.39. The second-order valence-electron chi connectivity index (χ2n) is 6.18. The Hall–Kier alpha value is -3.05. The van der Waals surface area contributed by atoms with Gasteiger partial charge in [0.1, 0.15) is 0 Å². The second kappa shape index (κ2) is 6.93. The summed E-state index contributed by atoms with van der Waals surface area (Å²) in [6.07, 6.45) is 0. The van der Waals surface area contributed by atoms with Gasteiger partial charge < -0.3 is 10.1 Å². The van der Waals surface area contributed by atoms with Crippen molar-refractivity contribution >= 4 is 23.6 Å². The Kier molecular flexibility index (Phi) is 4.46. The Labute approximate surface area is 161 Å². The first-order valence-corrected chi connectivity index (χ1v) is 9.30. The number of amides is 1. The molecule has 1 amide bonds. The molecule has 1 aliphatic rings. The molecule has 0 saturated heterocycles. The minimum Gasteiger partial charge on any atom is -0.467 e. The average molecular weight is 375 g/mol. The zero-order valence-corrected chi connectivity index (χ0v) is 15.5. The minimum atomic E-state index is -1.32. The van der Waals surface area contributed by atoms with E-state index >= 15 is 0 Å². The summed E-state index contributed by atoms with van der Waals surface area (Å²) in [5.41, 5.74) is 0.458. The van der Waals surface area contributed by atoms with Crippen molar-refractivity contribution in [1.82, 2.24) is 5.32 Å². The molecular weight excluding hydrogens is 358 g/mol. The van der Waals surface area contributed by atoms with Crippen LogP contribution in [0.1, 0.15) is 21.5 Å². The number of nitrogens with one attached hydrogen (secondary N) is 1. The van der Waals surface area contributed by atoms with Gasteiger partial charge in [0, 0.05) is 20.9 Å². The van der Waals surface area contributed by atoms with Crippen molar-refractivity contribution in [2.24, 2.45) is 0 Å². The summed E-state index contributed by atoms with van der Waals surface area (Å²) in [4.78, 5) is 27.4. The highest BCUT2D eigenvalue weighted by molar-refractivity contribution is 7.99. The number of hydrogen-bond donors (Lipinski definition) is 1. The summed E-state index contributed by atoms with van der Waals surface area (Å²) in [5.74, 6) is -0.789. The number of methoxy groups -OCH3 is 1. The van der Waals surface area contributed by atoms with Crippen LogP contribution in [0.25, 0.3) is 0 Å². The molecule has 1 atom stereocenters. The maximum Gasteiger partial charge on any atom is 0.341 e. The van der Waals surface area contributed by atoms with Crippen molar-refractivity contribution in [1.29, 1.82) is 0 Å². The molecule has 4 rings (SSSR count). The van der Waals surface area contributed by atoms with E-state index in [0.717, 1.165) is 9.79 Å². The van der Waals surface area contributed by atoms with E-state index in [4.69, 9.17) is 4.74 Å². The zero-order valence-electron chi connectivity index (χ0n) is 14.6. The number of benzene rings is 3. The fraction of sp³-hybridized carbons (Fsp3) is 0.0909. The third-order valence-corrected chi connectivity index (χ3v) is 5.65. The molecule has 0 saturated carbocycles. The van der Waals surface area contributed by atoms with Crippen LogP contribution in [0.5, 0.6) is 0 Å². The van der Waals surface area contributed by atoms with Crippen LogP contribution >= 0.6 is 11.8 Å². The van der Waals surface area contributed by atoms with Gasteiger partial charge in [-0.05, 0) is 35.9 Å². The van der Waals surface area contributed by atoms with Crippen LogP contribution in [0.2, 0.25) is 0 Å². The van der Waals surface area contributed by atoms with Gasteiger partial charge in [-0.2, -0.15) is 0 Å². The van der Waals surface area contributed by atoms with Crippen LogP contribution in [0.4, 0.5) is 0 Å². The summed E-state index contributed by atoms with van der Waals surface area (Å²) in [5, 5.41) is 2.85. The summed E-state index contributed by atoms with van der Waals surface area (Å²) >= 11 is 1.63. The standard InChI is InChI=1S/C22H17NO3S/c1-26-21(25)22(19-10-6-5-9-18(19)20(24)23-22)15-11-13-17(14-12-15)27-16-7-3-2-4-8-16/h2-14H,1H3,(H,23,24). The molecule has 1 N–H and O–H groups in total. The number of ether oxygens (including phenoxy) is 1. The van der Waals surface area contributed by atoms with Crippen LogP contribution in [-0.4, -0.2) is 19.0 Å². The Morgan fingerprint density at radius 3 is 2.22 bits per heavy atom. The van der Waals surface area contributed by atoms with Crippen molar-refractivity contribution in [2.75, 3.05) is 7.11 Å². The second-order valence-corrected chi connectivity index (χ2v) is 7.33. The summed E-state index contributed by atoms with van der Waals surface area (Å²) in [7, 11) is 1.33. The maximum absolute atomic E-state index is 12.8. The maximum atomic E-state index is 12.8. The number of carbonyl (C=O) groups is 2. The van der Waals surface area contributed by atoms with Crippen molar-refractivity contribution in [3.63, 3.8) is 0 Å². The molecule has 0 aliphatic carbocycles. The van der Waals surface area contributed by atoms with E-state index in [2.05, 4.69) is 5.32 Å². The zero-order chi connectivity index (χ0) is 18.9. The molecule has 4 nitrogen and oxygen atoms in total. The van der Waals surface area contributed by atoms with Gasteiger partial charge >= 0.3 is 5.97 Å². The Bertz CT molecular complexity index is 1000. The Morgan fingerprint density at radius 1 is 0.889 bits per heavy atom. The topological polar surface area (TPSA) is 55.4 Å². The van der Waals surface area contributed by atoms with Crippen LogP contribution in [-0.2, 0) is 15.1 Å². The molecule has 0 radical (unpaired) electrons. The lowest BCUT2D eigenvalue weighted by atomic mass is 9.83. The molecule has 0 bridgehead atoms. The van der Waals surface area contributed by atoms with Gasteiger partial charge in [0.25, 0.3) is 5.91 Å². The van der Waals surface area contributed by atoms with Crippen molar-refractivity contribution in [3.8, 4) is 0 Å². The van der Waals surface area contributed by atoms with Crippen LogP contribution in [0.15, 0.2) is 88.7 Å². The van der Waals surface area contributed by atoms with E-state index in [-0.39, 0.29) is 5.91 Å². The Balaban J connectivity index is 1.75. The molecule has 27 heavy (non-hydrogen) atoms. The van der Waals surface area contributed by atoms with Gasteiger partial charge in [-0.15, -0.1) is 0 Å². The molecular formula is C22H17NO3S. The van der Waals surface area contributed by atoms with Crippen LogP contribution in [0.3, 0.4) is 0 Å². The van der Waals surface area contributed by atoms with Crippen molar-refractivity contribution in [3.05, 3.63) is 95.6 Å². The van der Waals surface area contributed by atoms with Gasteiger partial charge in [0.2, 0.25) is 0 Å². The molecule has 0 spiro atoms.